The topological polar surface area (TPSA) is 59.1 Å². The fourth-order valence-corrected chi connectivity index (χ4v) is 7.87. The van der Waals surface area contributed by atoms with Gasteiger partial charge in [-0.3, -0.25) is 0 Å². The molecule has 1 saturated carbocycles. The second-order valence-corrected chi connectivity index (χ2v) is 26.3. The summed E-state index contributed by atoms with van der Waals surface area (Å²) in [5.74, 6) is 4.17. The first kappa shape index (κ1) is 84.5. The molecule has 2 aliphatic heterocycles. The summed E-state index contributed by atoms with van der Waals surface area (Å²) in [6.45, 7) is 49.5. The first-order valence-electron chi connectivity index (χ1n) is 30.8. The van der Waals surface area contributed by atoms with Crippen LogP contribution in [0.25, 0.3) is 0 Å². The van der Waals surface area contributed by atoms with E-state index in [9.17, 15) is 8.42 Å². The van der Waals surface area contributed by atoms with Crippen LogP contribution in [-0.4, -0.2) is 92.2 Å². The van der Waals surface area contributed by atoms with Gasteiger partial charge in [0.05, 0.1) is 5.75 Å². The normalized spacial score (nSPS) is 16.3. The van der Waals surface area contributed by atoms with Gasteiger partial charge in [-0.15, -0.1) is 0 Å². The van der Waals surface area contributed by atoms with Crippen molar-refractivity contribution in [1.82, 2.24) is 9.80 Å². The molecule has 3 fully saturated rings. The third-order valence-electron chi connectivity index (χ3n) is 12.9. The maximum absolute atomic E-state index is 10.8. The summed E-state index contributed by atoms with van der Waals surface area (Å²) in [5, 5.41) is 0. The van der Waals surface area contributed by atoms with Crippen LogP contribution in [0.1, 0.15) is 258 Å². The van der Waals surface area contributed by atoms with Gasteiger partial charge in [0.1, 0.15) is 0 Å². The third kappa shape index (κ3) is 81.2. The number of ether oxygens (including phenoxy) is 2. The number of likely N-dealkylation sites (tertiary alicyclic amines) is 2. The maximum Gasteiger partial charge on any atom is 0.151 e. The predicted molar refractivity (Wildman–Crippen MR) is 344 cm³/mol. The van der Waals surface area contributed by atoms with E-state index in [-0.39, 0.29) is 5.75 Å². The van der Waals surface area contributed by atoms with Crippen LogP contribution in [0.15, 0.2) is 60.7 Å². The van der Waals surface area contributed by atoms with Crippen molar-refractivity contribution >= 4 is 9.84 Å². The zero-order valence-corrected chi connectivity index (χ0v) is 56.2. The van der Waals surface area contributed by atoms with E-state index in [1.165, 1.54) is 147 Å². The highest BCUT2D eigenvalue weighted by Gasteiger charge is 2.17. The Bertz CT molecular complexity index is 1390. The number of nitrogens with zero attached hydrogens (tertiary/aromatic N) is 2. The highest BCUT2D eigenvalue weighted by molar-refractivity contribution is 7.89. The quantitative estimate of drug-likeness (QED) is 0.186. The molecular formula is C68H138N2O4S. The number of unbranched alkanes of at least 4 members (excludes halogenated alkanes) is 4. The first-order chi connectivity index (χ1) is 35.2. The van der Waals surface area contributed by atoms with Gasteiger partial charge < -0.3 is 19.3 Å². The lowest BCUT2D eigenvalue weighted by Crippen LogP contribution is -2.41. The zero-order chi connectivity index (χ0) is 59.0. The van der Waals surface area contributed by atoms with Gasteiger partial charge in [0, 0.05) is 46.8 Å². The Morgan fingerprint density at radius 3 is 1.11 bits per heavy atom. The van der Waals surface area contributed by atoms with Gasteiger partial charge in [0.15, 0.2) is 9.84 Å². The molecule has 0 aromatic heterocycles. The minimum atomic E-state index is -2.88. The molecule has 2 aromatic carbocycles. The minimum Gasteiger partial charge on any atom is -0.385 e. The van der Waals surface area contributed by atoms with Crippen LogP contribution in [0, 0.1) is 34.5 Å². The lowest BCUT2D eigenvalue weighted by Gasteiger charge is -2.33. The van der Waals surface area contributed by atoms with E-state index in [0.29, 0.717) is 10.8 Å². The molecular weight excluding hydrogens is 941 g/mol. The number of piperidine rings is 1. The second kappa shape index (κ2) is 59.9. The average Bonchev–Trinajstić information content (AvgIpc) is 3.36. The van der Waals surface area contributed by atoms with E-state index < -0.39 is 9.84 Å². The molecule has 0 N–H and O–H groups in total. The van der Waals surface area contributed by atoms with Crippen molar-refractivity contribution in [2.45, 2.75) is 259 Å². The smallest absolute Gasteiger partial charge is 0.151 e. The van der Waals surface area contributed by atoms with Crippen LogP contribution in [0.4, 0.5) is 0 Å². The molecule has 0 spiro atoms. The SMILES string of the molecule is CC1CCN(C)CC1.CC1CN(C)C1.CCC(C)(C)C.CCC1CCC(C)CC1.CCCC.CCCC(C)(C)C.CCCCC.CCCCOC.CCCOC.CCc1ccccc1.CS(=O)(=O)Cc1ccccc1. The van der Waals surface area contributed by atoms with Crippen molar-refractivity contribution in [1.29, 1.82) is 0 Å². The van der Waals surface area contributed by atoms with Gasteiger partial charge in [-0.1, -0.05) is 276 Å². The van der Waals surface area contributed by atoms with Crippen LogP contribution in [-0.2, 0) is 31.5 Å². The summed E-state index contributed by atoms with van der Waals surface area (Å²) < 4.78 is 31.1. The van der Waals surface area contributed by atoms with Crippen molar-refractivity contribution in [3.63, 3.8) is 0 Å². The summed E-state index contributed by atoms with van der Waals surface area (Å²) >= 11 is 0. The monoisotopic (exact) mass is 1080 g/mol. The van der Waals surface area contributed by atoms with Crippen LogP contribution >= 0.6 is 0 Å². The Morgan fingerprint density at radius 2 is 0.920 bits per heavy atom. The molecule has 0 unspecified atom stereocenters. The van der Waals surface area contributed by atoms with Gasteiger partial charge >= 0.3 is 0 Å². The molecule has 75 heavy (non-hydrogen) atoms. The van der Waals surface area contributed by atoms with Crippen LogP contribution in [0.3, 0.4) is 0 Å². The van der Waals surface area contributed by atoms with E-state index in [1.54, 1.807) is 26.4 Å². The predicted octanol–water partition coefficient (Wildman–Crippen LogP) is 20.4. The third-order valence-corrected chi connectivity index (χ3v) is 13.7. The van der Waals surface area contributed by atoms with Crippen molar-refractivity contribution in [2.75, 3.05) is 74.0 Å². The summed E-state index contributed by atoms with van der Waals surface area (Å²) in [5.41, 5.74) is 3.34. The van der Waals surface area contributed by atoms with Gasteiger partial charge in [0.2, 0.25) is 0 Å². The molecule has 0 bridgehead atoms. The highest BCUT2D eigenvalue weighted by Crippen LogP contribution is 2.29. The molecule has 2 heterocycles. The molecule has 6 nitrogen and oxygen atoms in total. The van der Waals surface area contributed by atoms with E-state index in [0.717, 1.165) is 55.3 Å². The molecule has 3 aliphatic rings. The largest absolute Gasteiger partial charge is 0.385 e. The molecule has 0 amide bonds. The molecule has 0 radical (unpaired) electrons. The highest BCUT2D eigenvalue weighted by atomic mass is 32.2. The molecule has 7 heteroatoms. The maximum atomic E-state index is 10.8. The second-order valence-electron chi connectivity index (χ2n) is 24.2. The number of aryl methyl sites for hydroxylation is 1. The lowest BCUT2D eigenvalue weighted by molar-refractivity contribution is 0.149. The summed E-state index contributed by atoms with van der Waals surface area (Å²) in [7, 11) is 4.92. The lowest BCUT2D eigenvalue weighted by atomic mass is 9.82. The Labute approximate surface area is 474 Å². The summed E-state index contributed by atoms with van der Waals surface area (Å²) in [4.78, 5) is 4.73. The van der Waals surface area contributed by atoms with Crippen LogP contribution in [0.5, 0.6) is 0 Å². The minimum absolute atomic E-state index is 0.133. The molecule has 450 valence electrons. The fourth-order valence-electron chi connectivity index (χ4n) is 7.07. The standard InChI is InChI=1S/C9H18.C8H10O2S.C8H10.C7H15N.C7H16.C6H14.C5H11N.C5H12O.C5H12.C4H10O.C4H10/c1-3-9-6-4-8(2)5-7-9;1-11(9,10)7-8-5-3-2-4-6-8;1-2-8-6-4-3-5-7-8;1-7-3-5-8(2)6-4-7;1-5-6-7(2,3)4;1-5-6(2,3)4;1-5-3-6(2)4-5;1-3-4-5-6-2;1-3-5-4-2;1-3-4-5-2;1-3-4-2/h8-9H,3-7H2,1-2H3;2-6H,7H2,1H3;3-7H,2H2,1H3;7H,3-6H2,1-2H3;5-6H2,1-4H3;5H2,1-4H3;5H,3-4H2,1-2H3;3-5H2,1-2H3;3-5H2,1-2H3;3-4H2,1-2H3;3-4H2,1-2H3. The van der Waals surface area contributed by atoms with Gasteiger partial charge in [0.25, 0.3) is 0 Å². The van der Waals surface area contributed by atoms with Gasteiger partial charge in [-0.25, -0.2) is 8.42 Å². The zero-order valence-electron chi connectivity index (χ0n) is 55.4. The molecule has 0 atom stereocenters. The molecule has 2 saturated heterocycles. The molecule has 1 aliphatic carbocycles. The average molecular weight is 1080 g/mol. The number of hydrogen-bond donors (Lipinski definition) is 0. The summed E-state index contributed by atoms with van der Waals surface area (Å²) in [6.07, 6.45) is 26.7. The van der Waals surface area contributed by atoms with E-state index in [1.807, 2.05) is 24.3 Å². The number of benzene rings is 2. The Morgan fingerprint density at radius 1 is 0.507 bits per heavy atom. The number of rotatable bonds is 13. The van der Waals surface area contributed by atoms with Gasteiger partial charge in [-0.05, 0) is 111 Å². The summed E-state index contributed by atoms with van der Waals surface area (Å²) in [6, 6.07) is 19.6. The molecule has 2 aromatic rings. The van der Waals surface area contributed by atoms with Crippen LogP contribution < -0.4 is 0 Å². The van der Waals surface area contributed by atoms with E-state index in [2.05, 4.69) is 180 Å². The van der Waals surface area contributed by atoms with Crippen molar-refractivity contribution < 1.29 is 17.9 Å². The van der Waals surface area contributed by atoms with Crippen molar-refractivity contribution in [3.05, 3.63) is 71.8 Å². The van der Waals surface area contributed by atoms with Crippen LogP contribution in [0.2, 0.25) is 0 Å². The van der Waals surface area contributed by atoms with Crippen molar-refractivity contribution in [2.24, 2.45) is 34.5 Å². The first-order valence-corrected chi connectivity index (χ1v) is 32.9. The number of hydrogen-bond acceptors (Lipinski definition) is 6. The Kier molecular flexibility index (Phi) is 67.5. The number of methoxy groups -OCH3 is 2. The van der Waals surface area contributed by atoms with Crippen molar-refractivity contribution in [3.8, 4) is 0 Å². The van der Waals surface area contributed by atoms with E-state index >= 15 is 0 Å². The number of sulfone groups is 1. The Hall–Kier alpha value is -1.77. The fraction of sp³-hybridized carbons (Fsp3) is 0.824. The Balaban J connectivity index is -0.000000177. The van der Waals surface area contributed by atoms with E-state index in [4.69, 9.17) is 9.47 Å². The molecule has 5 rings (SSSR count). The van der Waals surface area contributed by atoms with Gasteiger partial charge in [-0.2, -0.15) is 0 Å².